The number of nitriles is 1. The first-order valence-electron chi connectivity index (χ1n) is 7.96. The molecule has 0 aliphatic heterocycles. The number of carbonyl (C=O) groups is 2. The average molecular weight is 379 g/mol. The molecule has 7 nitrogen and oxygen atoms in total. The van der Waals surface area contributed by atoms with Crippen molar-refractivity contribution in [1.82, 2.24) is 4.90 Å². The molecule has 26 heavy (non-hydrogen) atoms. The Hall–Kier alpha value is -2.56. The summed E-state index contributed by atoms with van der Waals surface area (Å²) in [4.78, 5) is 25.6. The average Bonchev–Trinajstić information content (AvgIpc) is 2.53. The Morgan fingerprint density at radius 2 is 2.08 bits per heavy atom. The third kappa shape index (κ3) is 6.75. The van der Waals surface area contributed by atoms with Crippen LogP contribution >= 0.6 is 11.6 Å². The molecule has 140 valence electrons. The zero-order valence-corrected chi connectivity index (χ0v) is 16.1. The lowest BCUT2D eigenvalue weighted by Gasteiger charge is -2.25. The molecule has 1 rings (SSSR count). The van der Waals surface area contributed by atoms with Gasteiger partial charge in [0, 0.05) is 30.0 Å². The third-order valence-corrected chi connectivity index (χ3v) is 3.48. The van der Waals surface area contributed by atoms with Gasteiger partial charge in [0.05, 0.1) is 0 Å². The Morgan fingerprint density at radius 1 is 1.42 bits per heavy atom. The Labute approximate surface area is 158 Å². The van der Waals surface area contributed by atoms with Crippen LogP contribution in [0.4, 0.5) is 10.5 Å². The van der Waals surface area contributed by atoms with Crippen molar-refractivity contribution in [1.29, 1.82) is 5.26 Å². The van der Waals surface area contributed by atoms with Gasteiger partial charge < -0.3 is 15.8 Å². The Morgan fingerprint density at radius 3 is 2.58 bits per heavy atom. The standard InChI is InChI=1S/C18H23ClN4O3/c1-12-5-6-14(9-15(12)19)22-16(24)13(10-21)11-23(8-7-20)17(25)26-18(2,3)4/h5-6,9,11H,7-8,20H2,1-4H3,(H,22,24)/b13-11-. The molecule has 0 spiro atoms. The number of aryl methyl sites for hydroxylation is 1. The van der Waals surface area contributed by atoms with Crippen LogP contribution < -0.4 is 11.1 Å². The summed E-state index contributed by atoms with van der Waals surface area (Å²) in [6.07, 6.45) is 0.438. The van der Waals surface area contributed by atoms with E-state index in [1.54, 1.807) is 45.0 Å². The van der Waals surface area contributed by atoms with Gasteiger partial charge in [-0.05, 0) is 45.4 Å². The number of nitrogens with one attached hydrogen (secondary N) is 1. The smallest absolute Gasteiger partial charge is 0.414 e. The van der Waals surface area contributed by atoms with Gasteiger partial charge in [0.15, 0.2) is 0 Å². The normalized spacial score (nSPS) is 11.5. The molecule has 0 bridgehead atoms. The molecule has 3 N–H and O–H groups in total. The van der Waals surface area contributed by atoms with Crippen molar-refractivity contribution in [2.75, 3.05) is 18.4 Å². The molecule has 1 aromatic carbocycles. The minimum atomic E-state index is -0.717. The van der Waals surface area contributed by atoms with Crippen LogP contribution in [0.5, 0.6) is 0 Å². The first kappa shape index (κ1) is 21.5. The molecule has 8 heteroatoms. The highest BCUT2D eigenvalue weighted by Crippen LogP contribution is 2.20. The Balaban J connectivity index is 3.00. The van der Waals surface area contributed by atoms with Gasteiger partial charge in [-0.25, -0.2) is 4.79 Å². The van der Waals surface area contributed by atoms with E-state index in [2.05, 4.69) is 5.32 Å². The van der Waals surface area contributed by atoms with Gasteiger partial charge in [-0.1, -0.05) is 17.7 Å². The van der Waals surface area contributed by atoms with Gasteiger partial charge in [-0.2, -0.15) is 5.26 Å². The highest BCUT2D eigenvalue weighted by molar-refractivity contribution is 6.31. The second-order valence-corrected chi connectivity index (χ2v) is 6.94. The van der Waals surface area contributed by atoms with E-state index in [1.165, 1.54) is 0 Å². The molecular formula is C18H23ClN4O3. The molecule has 0 aromatic heterocycles. The largest absolute Gasteiger partial charge is 0.443 e. The lowest BCUT2D eigenvalue weighted by atomic mass is 10.2. The maximum absolute atomic E-state index is 12.3. The number of rotatable bonds is 5. The summed E-state index contributed by atoms with van der Waals surface area (Å²) in [6.45, 7) is 7.23. The van der Waals surface area contributed by atoms with Gasteiger partial charge in [0.1, 0.15) is 17.2 Å². The van der Waals surface area contributed by atoms with Gasteiger partial charge in [-0.15, -0.1) is 0 Å². The van der Waals surface area contributed by atoms with Crippen molar-refractivity contribution in [2.24, 2.45) is 5.73 Å². The van der Waals surface area contributed by atoms with Crippen LogP contribution in [0, 0.1) is 18.3 Å². The number of amides is 2. The molecule has 1 aromatic rings. The van der Waals surface area contributed by atoms with Crippen LogP contribution in [-0.4, -0.2) is 35.6 Å². The highest BCUT2D eigenvalue weighted by Gasteiger charge is 2.22. The molecule has 0 unspecified atom stereocenters. The maximum Gasteiger partial charge on any atom is 0.414 e. The number of halogens is 1. The first-order valence-corrected chi connectivity index (χ1v) is 8.34. The number of nitrogens with zero attached hydrogens (tertiary/aromatic N) is 2. The van der Waals surface area contributed by atoms with E-state index < -0.39 is 17.6 Å². The van der Waals surface area contributed by atoms with E-state index in [-0.39, 0.29) is 18.7 Å². The van der Waals surface area contributed by atoms with E-state index in [1.807, 2.05) is 6.92 Å². The summed E-state index contributed by atoms with van der Waals surface area (Å²) in [6, 6.07) is 6.77. The number of nitrogens with two attached hydrogens (primary N) is 1. The van der Waals surface area contributed by atoms with E-state index in [9.17, 15) is 14.9 Å². The second kappa shape index (κ2) is 9.22. The molecule has 0 aliphatic rings. The van der Waals surface area contributed by atoms with Crippen LogP contribution in [0.15, 0.2) is 30.0 Å². The van der Waals surface area contributed by atoms with Crippen LogP contribution in [0.1, 0.15) is 26.3 Å². The molecular weight excluding hydrogens is 356 g/mol. The fraction of sp³-hybridized carbons (Fsp3) is 0.389. The molecule has 0 heterocycles. The zero-order valence-electron chi connectivity index (χ0n) is 15.3. The minimum absolute atomic E-state index is 0.101. The molecule has 0 fully saturated rings. The quantitative estimate of drug-likeness (QED) is 0.604. The summed E-state index contributed by atoms with van der Waals surface area (Å²) >= 11 is 6.03. The fourth-order valence-corrected chi connectivity index (χ4v) is 2.01. The third-order valence-electron chi connectivity index (χ3n) is 3.08. The summed E-state index contributed by atoms with van der Waals surface area (Å²) in [5.41, 5.74) is 5.82. The molecule has 0 saturated carbocycles. The maximum atomic E-state index is 12.3. The van der Waals surface area contributed by atoms with E-state index in [0.717, 1.165) is 16.7 Å². The van der Waals surface area contributed by atoms with E-state index >= 15 is 0 Å². The monoisotopic (exact) mass is 378 g/mol. The van der Waals surface area contributed by atoms with Crippen LogP contribution in [0.2, 0.25) is 5.02 Å². The number of benzene rings is 1. The summed E-state index contributed by atoms with van der Waals surface area (Å²) in [5.74, 6) is -0.669. The molecule has 2 amide bonds. The van der Waals surface area contributed by atoms with E-state index in [4.69, 9.17) is 22.1 Å². The van der Waals surface area contributed by atoms with Crippen molar-refractivity contribution in [3.8, 4) is 6.07 Å². The van der Waals surface area contributed by atoms with Gasteiger partial charge >= 0.3 is 6.09 Å². The zero-order chi connectivity index (χ0) is 19.9. The van der Waals surface area contributed by atoms with Crippen molar-refractivity contribution >= 4 is 29.3 Å². The second-order valence-electron chi connectivity index (χ2n) is 6.54. The Bertz CT molecular complexity index is 748. The lowest BCUT2D eigenvalue weighted by Crippen LogP contribution is -2.37. The SMILES string of the molecule is Cc1ccc(NC(=O)/C(C#N)=C\N(CCN)C(=O)OC(C)(C)C)cc1Cl. The summed E-state index contributed by atoms with van der Waals surface area (Å²) in [5, 5.41) is 12.4. The van der Waals surface area contributed by atoms with Crippen molar-refractivity contribution < 1.29 is 14.3 Å². The topological polar surface area (TPSA) is 108 Å². The molecule has 0 atom stereocenters. The molecule has 0 radical (unpaired) electrons. The number of anilines is 1. The van der Waals surface area contributed by atoms with Crippen molar-refractivity contribution in [3.05, 3.63) is 40.6 Å². The minimum Gasteiger partial charge on any atom is -0.443 e. The summed E-state index contributed by atoms with van der Waals surface area (Å²) in [7, 11) is 0. The Kier molecular flexibility index (Phi) is 7.62. The van der Waals surface area contributed by atoms with Crippen molar-refractivity contribution in [2.45, 2.75) is 33.3 Å². The van der Waals surface area contributed by atoms with Crippen LogP contribution in [0.25, 0.3) is 0 Å². The van der Waals surface area contributed by atoms with Crippen LogP contribution in [-0.2, 0) is 9.53 Å². The highest BCUT2D eigenvalue weighted by atomic mass is 35.5. The van der Waals surface area contributed by atoms with Crippen molar-refractivity contribution in [3.63, 3.8) is 0 Å². The van der Waals surface area contributed by atoms with Gasteiger partial charge in [0.2, 0.25) is 0 Å². The number of ether oxygens (including phenoxy) is 1. The molecule has 0 aliphatic carbocycles. The first-order chi connectivity index (χ1) is 12.1. The van der Waals surface area contributed by atoms with Gasteiger partial charge in [0.25, 0.3) is 5.91 Å². The predicted molar refractivity (Wildman–Crippen MR) is 101 cm³/mol. The lowest BCUT2D eigenvalue weighted by molar-refractivity contribution is -0.112. The number of carbonyl (C=O) groups excluding carboxylic acids is 2. The fourth-order valence-electron chi connectivity index (χ4n) is 1.83. The number of hydrogen-bond donors (Lipinski definition) is 2. The van der Waals surface area contributed by atoms with Gasteiger partial charge in [-0.3, -0.25) is 9.69 Å². The van der Waals surface area contributed by atoms with E-state index in [0.29, 0.717) is 10.7 Å². The predicted octanol–water partition coefficient (Wildman–Crippen LogP) is 3.19. The summed E-state index contributed by atoms with van der Waals surface area (Å²) < 4.78 is 5.25. The molecule has 0 saturated heterocycles. The number of hydrogen-bond acceptors (Lipinski definition) is 5. The van der Waals surface area contributed by atoms with Crippen LogP contribution in [0.3, 0.4) is 0 Å².